The molecule has 1 aliphatic heterocycles. The zero-order valence-corrected chi connectivity index (χ0v) is 15.9. The first kappa shape index (κ1) is 22.2. The Labute approximate surface area is 161 Å². The smallest absolute Gasteiger partial charge is 0.419 e. The van der Waals surface area contributed by atoms with Gasteiger partial charge in [0.1, 0.15) is 5.82 Å². The van der Waals surface area contributed by atoms with Crippen LogP contribution in [0.1, 0.15) is 61.4 Å². The van der Waals surface area contributed by atoms with Crippen LogP contribution in [0.3, 0.4) is 0 Å². The van der Waals surface area contributed by atoms with Gasteiger partial charge < -0.3 is 9.64 Å². The minimum atomic E-state index is -4.80. The van der Waals surface area contributed by atoms with Crippen molar-refractivity contribution < 1.29 is 31.9 Å². The highest BCUT2D eigenvalue weighted by atomic mass is 19.4. The molecule has 0 aliphatic carbocycles. The molecule has 0 N–H and O–H groups in total. The monoisotopic (exact) mass is 403 g/mol. The normalized spacial score (nSPS) is 15.5. The van der Waals surface area contributed by atoms with Crippen LogP contribution in [0.4, 0.5) is 17.6 Å². The Kier molecular flexibility index (Phi) is 7.83. The fourth-order valence-corrected chi connectivity index (χ4v) is 3.20. The molecule has 8 heteroatoms. The number of rotatable bonds is 7. The molecule has 0 bridgehead atoms. The van der Waals surface area contributed by atoms with Crippen molar-refractivity contribution in [1.82, 2.24) is 4.90 Å². The second kappa shape index (κ2) is 9.89. The van der Waals surface area contributed by atoms with Gasteiger partial charge in [-0.3, -0.25) is 9.59 Å². The molecule has 0 radical (unpaired) electrons. The molecular weight excluding hydrogens is 378 g/mol. The summed E-state index contributed by atoms with van der Waals surface area (Å²) in [4.78, 5) is 25.9. The summed E-state index contributed by atoms with van der Waals surface area (Å²) in [6, 6.07) is 2.16. The summed E-state index contributed by atoms with van der Waals surface area (Å²) in [7, 11) is 0. The molecule has 4 nitrogen and oxygen atoms in total. The summed E-state index contributed by atoms with van der Waals surface area (Å²) in [6.07, 6.45) is 0.0783. The topological polar surface area (TPSA) is 46.6 Å². The van der Waals surface area contributed by atoms with Crippen LogP contribution in [0.2, 0.25) is 0 Å². The van der Waals surface area contributed by atoms with Gasteiger partial charge in [0.05, 0.1) is 18.1 Å². The summed E-state index contributed by atoms with van der Waals surface area (Å²) in [6.45, 7) is 3.04. The van der Waals surface area contributed by atoms with E-state index in [1.54, 1.807) is 0 Å². The fourth-order valence-electron chi connectivity index (χ4n) is 3.20. The third-order valence-electron chi connectivity index (χ3n) is 4.88. The molecule has 156 valence electrons. The molecule has 0 unspecified atom stereocenters. The van der Waals surface area contributed by atoms with E-state index in [9.17, 15) is 27.2 Å². The first-order valence-electron chi connectivity index (χ1n) is 9.56. The average molecular weight is 403 g/mol. The zero-order valence-electron chi connectivity index (χ0n) is 15.9. The molecule has 28 heavy (non-hydrogen) atoms. The van der Waals surface area contributed by atoms with Crippen LogP contribution in [0, 0.1) is 11.7 Å². The predicted octanol–water partition coefficient (Wildman–Crippen LogP) is 4.82. The van der Waals surface area contributed by atoms with E-state index in [1.807, 2.05) is 0 Å². The molecule has 1 amide bonds. The number of benzene rings is 1. The number of carbonyl (C=O) groups is 2. The van der Waals surface area contributed by atoms with Gasteiger partial charge in [0.25, 0.3) is 5.91 Å². The first-order valence-corrected chi connectivity index (χ1v) is 9.56. The van der Waals surface area contributed by atoms with Gasteiger partial charge in [-0.15, -0.1) is 0 Å². The average Bonchev–Trinajstić information content (AvgIpc) is 2.66. The number of esters is 1. The second-order valence-corrected chi connectivity index (χ2v) is 6.99. The standard InChI is InChI=1S/C20H25F4NO3/c1-2-3-4-5-12-28-19(27)14-8-10-25(11-9-14)18(26)15-6-7-16(17(21)13-15)20(22,23)24/h6-7,13-14H,2-5,8-12H2,1H3. The van der Waals surface area contributed by atoms with Crippen molar-refractivity contribution in [1.29, 1.82) is 0 Å². The van der Waals surface area contributed by atoms with E-state index in [0.29, 0.717) is 31.6 Å². The Morgan fingerprint density at radius 2 is 1.82 bits per heavy atom. The number of piperidine rings is 1. The number of nitrogens with zero attached hydrogens (tertiary/aromatic N) is 1. The molecule has 0 spiro atoms. The van der Waals surface area contributed by atoms with Crippen molar-refractivity contribution in [3.63, 3.8) is 0 Å². The molecule has 0 saturated carbocycles. The summed E-state index contributed by atoms with van der Waals surface area (Å²) < 4.78 is 56.8. The van der Waals surface area contributed by atoms with Gasteiger partial charge in [-0.25, -0.2) is 4.39 Å². The van der Waals surface area contributed by atoms with Gasteiger partial charge in [-0.2, -0.15) is 13.2 Å². The van der Waals surface area contributed by atoms with E-state index in [4.69, 9.17) is 4.74 Å². The van der Waals surface area contributed by atoms with Gasteiger partial charge in [-0.05, 0) is 37.5 Å². The maximum absolute atomic E-state index is 13.7. The Morgan fingerprint density at radius 1 is 1.14 bits per heavy atom. The molecular formula is C20H25F4NO3. The van der Waals surface area contributed by atoms with Crippen LogP contribution in [0.25, 0.3) is 0 Å². The number of hydrogen-bond acceptors (Lipinski definition) is 3. The van der Waals surface area contributed by atoms with Gasteiger partial charge >= 0.3 is 12.1 Å². The van der Waals surface area contributed by atoms with Crippen molar-refractivity contribution in [2.75, 3.05) is 19.7 Å². The quantitative estimate of drug-likeness (QED) is 0.373. The molecule has 0 atom stereocenters. The van der Waals surface area contributed by atoms with E-state index in [-0.39, 0.29) is 30.5 Å². The summed E-state index contributed by atoms with van der Waals surface area (Å²) in [5.41, 5.74) is -1.54. The SMILES string of the molecule is CCCCCCOC(=O)C1CCN(C(=O)c2ccc(C(F)(F)F)c(F)c2)CC1. The molecule has 1 aromatic rings. The van der Waals surface area contributed by atoms with E-state index < -0.39 is 23.5 Å². The van der Waals surface area contributed by atoms with Crippen molar-refractivity contribution in [3.8, 4) is 0 Å². The van der Waals surface area contributed by atoms with Crippen LogP contribution < -0.4 is 0 Å². The molecule has 1 fully saturated rings. The summed E-state index contributed by atoms with van der Waals surface area (Å²) in [5.74, 6) is -2.58. The summed E-state index contributed by atoms with van der Waals surface area (Å²) >= 11 is 0. The third kappa shape index (κ3) is 5.94. The van der Waals surface area contributed by atoms with E-state index >= 15 is 0 Å². The fraction of sp³-hybridized carbons (Fsp3) is 0.600. The predicted molar refractivity (Wildman–Crippen MR) is 95.1 cm³/mol. The zero-order chi connectivity index (χ0) is 20.7. The lowest BCUT2D eigenvalue weighted by atomic mass is 9.96. The number of alkyl halides is 3. The Hall–Kier alpha value is -2.12. The Balaban J connectivity index is 1.85. The molecule has 1 aromatic carbocycles. The van der Waals surface area contributed by atoms with Gasteiger partial charge in [0.15, 0.2) is 0 Å². The van der Waals surface area contributed by atoms with Gasteiger partial charge in [0.2, 0.25) is 0 Å². The van der Waals surface area contributed by atoms with E-state index in [0.717, 1.165) is 31.7 Å². The van der Waals surface area contributed by atoms with E-state index in [2.05, 4.69) is 6.92 Å². The van der Waals surface area contributed by atoms with Crippen LogP contribution in [0.15, 0.2) is 18.2 Å². The second-order valence-electron chi connectivity index (χ2n) is 6.99. The largest absolute Gasteiger partial charge is 0.465 e. The van der Waals surface area contributed by atoms with Crippen molar-refractivity contribution >= 4 is 11.9 Å². The highest BCUT2D eigenvalue weighted by molar-refractivity contribution is 5.94. The number of unbranched alkanes of at least 4 members (excludes halogenated alkanes) is 3. The van der Waals surface area contributed by atoms with Crippen molar-refractivity contribution in [3.05, 3.63) is 35.1 Å². The van der Waals surface area contributed by atoms with Crippen LogP contribution >= 0.6 is 0 Å². The van der Waals surface area contributed by atoms with Crippen molar-refractivity contribution in [2.45, 2.75) is 51.6 Å². The van der Waals surface area contributed by atoms with Crippen LogP contribution in [-0.2, 0) is 15.7 Å². The highest BCUT2D eigenvalue weighted by Crippen LogP contribution is 2.32. The number of amides is 1. The molecule has 1 heterocycles. The number of carbonyl (C=O) groups excluding carboxylic acids is 2. The Bertz CT molecular complexity index is 683. The minimum Gasteiger partial charge on any atom is -0.465 e. The van der Waals surface area contributed by atoms with Gasteiger partial charge in [0, 0.05) is 18.7 Å². The molecule has 1 aliphatic rings. The maximum Gasteiger partial charge on any atom is 0.419 e. The maximum atomic E-state index is 13.7. The van der Waals surface area contributed by atoms with Crippen LogP contribution in [0.5, 0.6) is 0 Å². The lowest BCUT2D eigenvalue weighted by molar-refractivity contribution is -0.150. The third-order valence-corrected chi connectivity index (χ3v) is 4.88. The first-order chi connectivity index (χ1) is 13.2. The highest BCUT2D eigenvalue weighted by Gasteiger charge is 2.35. The Morgan fingerprint density at radius 3 is 2.39 bits per heavy atom. The number of ether oxygens (including phenoxy) is 1. The number of likely N-dealkylation sites (tertiary alicyclic amines) is 1. The minimum absolute atomic E-state index is 0.137. The summed E-state index contributed by atoms with van der Waals surface area (Å²) in [5, 5.41) is 0. The molecule has 0 aromatic heterocycles. The van der Waals surface area contributed by atoms with E-state index in [1.165, 1.54) is 4.90 Å². The molecule has 2 rings (SSSR count). The van der Waals surface area contributed by atoms with Crippen LogP contribution in [-0.4, -0.2) is 36.5 Å². The lowest BCUT2D eigenvalue weighted by Crippen LogP contribution is -2.40. The lowest BCUT2D eigenvalue weighted by Gasteiger charge is -2.31. The van der Waals surface area contributed by atoms with Crippen molar-refractivity contribution in [2.24, 2.45) is 5.92 Å². The number of halogens is 4. The van der Waals surface area contributed by atoms with Gasteiger partial charge in [-0.1, -0.05) is 26.2 Å². The number of hydrogen-bond donors (Lipinski definition) is 0. The molecule has 1 saturated heterocycles.